The van der Waals surface area contributed by atoms with Gasteiger partial charge in [0.25, 0.3) is 0 Å². The molecule has 9 rings (SSSR count). The van der Waals surface area contributed by atoms with Gasteiger partial charge in [-0.2, -0.15) is 0 Å². The molecule has 0 amide bonds. The molecule has 0 N–H and O–H groups in total. The lowest BCUT2D eigenvalue weighted by atomic mass is 10.0. The monoisotopic (exact) mass is 570 g/mol. The maximum absolute atomic E-state index is 8.55. The molecule has 206 valence electrons. The molecule has 0 fully saturated rings. The summed E-state index contributed by atoms with van der Waals surface area (Å²) >= 11 is 0. The molecule has 9 aromatic rings. The van der Waals surface area contributed by atoms with E-state index in [0.717, 1.165) is 43.8 Å². The van der Waals surface area contributed by atoms with E-state index < -0.39 is 18.1 Å². The summed E-state index contributed by atoms with van der Waals surface area (Å²) in [6, 6.07) is 33.1. The van der Waals surface area contributed by atoms with Crippen LogP contribution in [-0.4, -0.2) is 15.0 Å². The number of para-hydroxylation sites is 2. The SMILES string of the molecule is [2H]c1c([2H])c([2H])c(-c2nc(-c3ccccc3)nc(-c3ccc4c(c3)oc3cc(-c5cccc6c5oc5ccccc56)ccc34)n2)c([2H])c1[2H]. The van der Waals surface area contributed by atoms with Gasteiger partial charge in [-0.15, -0.1) is 0 Å². The standard InChI is InChI=1S/C39H23N3O2/c1-3-10-24(11-4-1)37-40-38(25-12-5-2-6-13-25)42-39(41-37)27-19-21-31-30-20-18-26(22-34(30)43-35(31)23-27)28-15-9-16-32-29-14-7-8-17-33(29)44-36(28)32/h1-23H/i1D,3D,4D,10D,11D. The van der Waals surface area contributed by atoms with Crippen molar-refractivity contribution in [2.75, 3.05) is 0 Å². The fourth-order valence-electron chi connectivity index (χ4n) is 5.75. The van der Waals surface area contributed by atoms with E-state index in [2.05, 4.69) is 28.2 Å². The van der Waals surface area contributed by atoms with Crippen LogP contribution in [0.5, 0.6) is 0 Å². The van der Waals surface area contributed by atoms with E-state index in [0.29, 0.717) is 28.1 Å². The van der Waals surface area contributed by atoms with Crippen LogP contribution < -0.4 is 0 Å². The highest BCUT2D eigenvalue weighted by Crippen LogP contribution is 2.39. The first-order chi connectivity index (χ1) is 23.9. The molecule has 5 heteroatoms. The summed E-state index contributed by atoms with van der Waals surface area (Å²) in [4.78, 5) is 14.0. The molecule has 0 spiro atoms. The van der Waals surface area contributed by atoms with Gasteiger partial charge in [0.2, 0.25) is 0 Å². The zero-order chi connectivity index (χ0) is 33.4. The third-order valence-electron chi connectivity index (χ3n) is 7.84. The predicted octanol–water partition coefficient (Wildman–Crippen LogP) is 10.3. The van der Waals surface area contributed by atoms with Crippen LogP contribution in [0.15, 0.2) is 148 Å². The molecule has 3 heterocycles. The quantitative estimate of drug-likeness (QED) is 0.211. The third-order valence-corrected chi connectivity index (χ3v) is 7.84. The van der Waals surface area contributed by atoms with Crippen molar-refractivity contribution in [3.63, 3.8) is 0 Å². The number of hydrogen-bond donors (Lipinski definition) is 0. The van der Waals surface area contributed by atoms with E-state index in [1.165, 1.54) is 0 Å². The van der Waals surface area contributed by atoms with E-state index in [9.17, 15) is 0 Å². The number of rotatable bonds is 4. The largest absolute Gasteiger partial charge is 0.456 e. The van der Waals surface area contributed by atoms with Crippen LogP contribution >= 0.6 is 0 Å². The highest BCUT2D eigenvalue weighted by atomic mass is 16.3. The Labute approximate surface area is 259 Å². The molecule has 0 saturated heterocycles. The van der Waals surface area contributed by atoms with Gasteiger partial charge in [-0.25, -0.2) is 15.0 Å². The number of aromatic nitrogens is 3. The van der Waals surface area contributed by atoms with Crippen molar-refractivity contribution in [3.8, 4) is 45.3 Å². The van der Waals surface area contributed by atoms with Crippen LogP contribution in [-0.2, 0) is 0 Å². The fourth-order valence-corrected chi connectivity index (χ4v) is 5.75. The molecule has 0 aliphatic carbocycles. The van der Waals surface area contributed by atoms with Gasteiger partial charge in [0.05, 0.1) is 6.85 Å². The smallest absolute Gasteiger partial charge is 0.164 e. The van der Waals surface area contributed by atoms with Crippen LogP contribution in [0.1, 0.15) is 6.85 Å². The second-order valence-corrected chi connectivity index (χ2v) is 10.5. The maximum atomic E-state index is 8.55. The van der Waals surface area contributed by atoms with Gasteiger partial charge >= 0.3 is 0 Å². The minimum Gasteiger partial charge on any atom is -0.456 e. The fraction of sp³-hybridized carbons (Fsp3) is 0. The Morgan fingerprint density at radius 3 is 1.84 bits per heavy atom. The summed E-state index contributed by atoms with van der Waals surface area (Å²) in [6.07, 6.45) is 0. The molecular formula is C39H23N3O2. The first-order valence-corrected chi connectivity index (χ1v) is 14.1. The number of nitrogens with zero attached hydrogens (tertiary/aromatic N) is 3. The highest BCUT2D eigenvalue weighted by Gasteiger charge is 2.16. The Hall–Kier alpha value is -6.07. The van der Waals surface area contributed by atoms with Gasteiger partial charge in [0.15, 0.2) is 17.5 Å². The second-order valence-electron chi connectivity index (χ2n) is 10.5. The first kappa shape index (κ1) is 19.9. The lowest BCUT2D eigenvalue weighted by molar-refractivity contribution is 0.668. The Kier molecular flexibility index (Phi) is 4.42. The molecule has 5 nitrogen and oxygen atoms in total. The number of hydrogen-bond acceptors (Lipinski definition) is 5. The summed E-state index contributed by atoms with van der Waals surface area (Å²) < 4.78 is 54.3. The van der Waals surface area contributed by atoms with Gasteiger partial charge in [0.1, 0.15) is 22.3 Å². The summed E-state index contributed by atoms with van der Waals surface area (Å²) in [7, 11) is 0. The van der Waals surface area contributed by atoms with Gasteiger partial charge in [-0.1, -0.05) is 109 Å². The van der Waals surface area contributed by atoms with Crippen molar-refractivity contribution in [1.82, 2.24) is 15.0 Å². The highest BCUT2D eigenvalue weighted by molar-refractivity contribution is 6.11. The molecule has 0 aliphatic heterocycles. The number of benzene rings is 6. The van der Waals surface area contributed by atoms with Crippen molar-refractivity contribution >= 4 is 43.9 Å². The second kappa shape index (κ2) is 9.75. The van der Waals surface area contributed by atoms with Crippen LogP contribution in [0.2, 0.25) is 0 Å². The number of fused-ring (bicyclic) bond motifs is 6. The zero-order valence-corrected chi connectivity index (χ0v) is 23.1. The van der Waals surface area contributed by atoms with E-state index in [1.807, 2.05) is 91.0 Å². The van der Waals surface area contributed by atoms with E-state index in [1.54, 1.807) is 0 Å². The Morgan fingerprint density at radius 2 is 1.05 bits per heavy atom. The van der Waals surface area contributed by atoms with Crippen LogP contribution in [0.25, 0.3) is 89.2 Å². The van der Waals surface area contributed by atoms with Crippen molar-refractivity contribution in [1.29, 1.82) is 0 Å². The normalized spacial score (nSPS) is 13.2. The Balaban J connectivity index is 1.19. The van der Waals surface area contributed by atoms with Crippen LogP contribution in [0.3, 0.4) is 0 Å². The van der Waals surface area contributed by atoms with E-state index in [4.69, 9.17) is 20.7 Å². The van der Waals surface area contributed by atoms with Crippen molar-refractivity contribution in [3.05, 3.63) is 139 Å². The van der Waals surface area contributed by atoms with Gasteiger partial charge in [-0.05, 0) is 35.9 Å². The van der Waals surface area contributed by atoms with Gasteiger partial charge < -0.3 is 8.83 Å². The zero-order valence-electron chi connectivity index (χ0n) is 28.1. The maximum Gasteiger partial charge on any atom is 0.164 e. The Morgan fingerprint density at radius 1 is 0.432 bits per heavy atom. The third kappa shape index (κ3) is 3.98. The van der Waals surface area contributed by atoms with Gasteiger partial charge in [-0.3, -0.25) is 0 Å². The molecule has 0 unspecified atom stereocenters. The topological polar surface area (TPSA) is 65.0 Å². The molecule has 0 atom stereocenters. The summed E-state index contributed by atoms with van der Waals surface area (Å²) in [5, 5.41) is 3.98. The predicted molar refractivity (Wildman–Crippen MR) is 176 cm³/mol. The van der Waals surface area contributed by atoms with Crippen molar-refractivity contribution < 1.29 is 15.7 Å². The van der Waals surface area contributed by atoms with Crippen LogP contribution in [0.4, 0.5) is 0 Å². The molecule has 0 bridgehead atoms. The molecule has 0 aliphatic rings. The molecule has 6 aromatic carbocycles. The van der Waals surface area contributed by atoms with E-state index >= 15 is 0 Å². The lowest BCUT2D eigenvalue weighted by Crippen LogP contribution is -2.00. The van der Waals surface area contributed by atoms with E-state index in [-0.39, 0.29) is 29.3 Å². The molecule has 0 radical (unpaired) electrons. The summed E-state index contributed by atoms with van der Waals surface area (Å²) in [6.45, 7) is 0. The van der Waals surface area contributed by atoms with Gasteiger partial charge in [0, 0.05) is 43.8 Å². The average molecular weight is 571 g/mol. The summed E-state index contributed by atoms with van der Waals surface area (Å²) in [5.74, 6) is 0.562. The Bertz CT molecular complexity index is 2760. The molecular weight excluding hydrogens is 542 g/mol. The number of furan rings is 2. The average Bonchev–Trinajstić information content (AvgIpc) is 3.71. The van der Waals surface area contributed by atoms with Crippen molar-refractivity contribution in [2.24, 2.45) is 0 Å². The van der Waals surface area contributed by atoms with Crippen molar-refractivity contribution in [2.45, 2.75) is 0 Å². The minimum atomic E-state index is -0.482. The first-order valence-electron chi connectivity index (χ1n) is 16.6. The minimum absolute atomic E-state index is 0.0186. The summed E-state index contributed by atoms with van der Waals surface area (Å²) in [5.41, 5.74) is 6.13. The lowest BCUT2D eigenvalue weighted by Gasteiger charge is -2.08. The molecule has 0 saturated carbocycles. The molecule has 3 aromatic heterocycles. The van der Waals surface area contributed by atoms with Crippen LogP contribution in [0, 0.1) is 0 Å². The molecule has 44 heavy (non-hydrogen) atoms.